The second-order valence-corrected chi connectivity index (χ2v) is 11.7. The molecule has 3 aromatic heterocycles. The highest BCUT2D eigenvalue weighted by Gasteiger charge is 2.30. The summed E-state index contributed by atoms with van der Waals surface area (Å²) in [4.78, 5) is 18.7. The van der Waals surface area contributed by atoms with E-state index in [2.05, 4.69) is 20.1 Å². The van der Waals surface area contributed by atoms with Gasteiger partial charge < -0.3 is 19.7 Å². The molecule has 210 valence electrons. The number of nitrogens with zero attached hydrogens (tertiary/aromatic N) is 6. The van der Waals surface area contributed by atoms with Crippen LogP contribution in [-0.2, 0) is 16.6 Å². The van der Waals surface area contributed by atoms with E-state index >= 15 is 0 Å². The summed E-state index contributed by atoms with van der Waals surface area (Å²) in [6.07, 6.45) is 2.72. The van der Waals surface area contributed by atoms with Crippen molar-refractivity contribution in [3.63, 3.8) is 0 Å². The average molecular weight is 578 g/mol. The van der Waals surface area contributed by atoms with Crippen molar-refractivity contribution in [2.24, 2.45) is 0 Å². The number of aromatic amines is 1. The van der Waals surface area contributed by atoms with Gasteiger partial charge in [-0.1, -0.05) is 18.5 Å². The van der Waals surface area contributed by atoms with Gasteiger partial charge in [-0.2, -0.15) is 4.31 Å². The molecule has 0 radical (unpaired) electrons. The first kappa shape index (κ1) is 27.6. The third-order valence-corrected chi connectivity index (χ3v) is 9.22. The fourth-order valence-corrected chi connectivity index (χ4v) is 6.85. The number of sulfonamides is 1. The van der Waals surface area contributed by atoms with Gasteiger partial charge in [0.15, 0.2) is 5.65 Å². The molecular formula is C25H32ClN7O5S. The maximum atomic E-state index is 13.7. The number of benzene rings is 1. The van der Waals surface area contributed by atoms with Gasteiger partial charge in [0, 0.05) is 51.4 Å². The molecule has 0 saturated carbocycles. The molecule has 1 aliphatic heterocycles. The molecule has 1 saturated heterocycles. The molecule has 1 aliphatic rings. The van der Waals surface area contributed by atoms with Gasteiger partial charge in [0.1, 0.15) is 17.6 Å². The van der Waals surface area contributed by atoms with Crippen LogP contribution in [0.4, 0.5) is 0 Å². The van der Waals surface area contributed by atoms with E-state index in [0.29, 0.717) is 85.9 Å². The molecule has 0 amide bonds. The second-order valence-electron chi connectivity index (χ2n) is 9.41. The molecular weight excluding hydrogens is 546 g/mol. The number of halogens is 1. The Labute approximate surface area is 230 Å². The quantitative estimate of drug-likeness (QED) is 0.292. The molecule has 12 nitrogen and oxygen atoms in total. The zero-order valence-electron chi connectivity index (χ0n) is 21.9. The maximum absolute atomic E-state index is 13.7. The summed E-state index contributed by atoms with van der Waals surface area (Å²) >= 11 is 6.93. The number of ether oxygens (including phenoxy) is 1. The highest BCUT2D eigenvalue weighted by molar-refractivity contribution is 7.89. The minimum atomic E-state index is -3.80. The smallest absolute Gasteiger partial charge is 0.335 e. The van der Waals surface area contributed by atoms with Crippen LogP contribution in [0.5, 0.6) is 5.75 Å². The van der Waals surface area contributed by atoms with Crippen molar-refractivity contribution in [3.8, 4) is 17.0 Å². The molecule has 14 heteroatoms. The Morgan fingerprint density at radius 2 is 1.92 bits per heavy atom. The van der Waals surface area contributed by atoms with E-state index in [9.17, 15) is 13.2 Å². The molecule has 1 aromatic carbocycles. The number of aliphatic hydroxyl groups excluding tert-OH is 1. The number of fused-ring (bicyclic) bond motifs is 3. The van der Waals surface area contributed by atoms with Crippen LogP contribution in [0.1, 0.15) is 26.7 Å². The zero-order chi connectivity index (χ0) is 27.7. The van der Waals surface area contributed by atoms with Crippen LogP contribution in [0.2, 0.25) is 5.02 Å². The van der Waals surface area contributed by atoms with Crippen LogP contribution in [0.3, 0.4) is 0 Å². The monoisotopic (exact) mass is 577 g/mol. The molecule has 0 spiro atoms. The van der Waals surface area contributed by atoms with Crippen molar-refractivity contribution in [2.45, 2.75) is 38.1 Å². The van der Waals surface area contributed by atoms with Gasteiger partial charge in [-0.3, -0.25) is 4.57 Å². The predicted octanol–water partition coefficient (Wildman–Crippen LogP) is 2.19. The second kappa shape index (κ2) is 11.3. The van der Waals surface area contributed by atoms with Crippen LogP contribution in [-0.4, -0.2) is 92.8 Å². The Hall–Kier alpha value is -2.97. The van der Waals surface area contributed by atoms with Crippen molar-refractivity contribution >= 4 is 38.3 Å². The van der Waals surface area contributed by atoms with Crippen molar-refractivity contribution in [1.29, 1.82) is 0 Å². The van der Waals surface area contributed by atoms with Gasteiger partial charge in [0.2, 0.25) is 10.0 Å². The van der Waals surface area contributed by atoms with Gasteiger partial charge in [-0.05, 0) is 38.0 Å². The molecule has 2 N–H and O–H groups in total. The van der Waals surface area contributed by atoms with E-state index in [1.165, 1.54) is 15.0 Å². The number of hydrogen-bond acceptors (Lipinski definition) is 8. The number of aromatic nitrogens is 5. The standard InChI is InChI=1S/C25H32ClN7O5S/c1-3-8-32-23-20(26)21(28-22(23)24-29-27-16-33(24)25(32)35)18-15-17(6-7-19(18)38-4-2)39(36,37)31-12-10-30(11-13-31)9-5-14-34/h6-7,15-16,28,34H,3-5,8-14H2,1-2H3. The Morgan fingerprint density at radius 1 is 1.15 bits per heavy atom. The topological polar surface area (TPSA) is 138 Å². The van der Waals surface area contributed by atoms with E-state index in [4.69, 9.17) is 21.4 Å². The summed E-state index contributed by atoms with van der Waals surface area (Å²) in [5.74, 6) is 0.459. The van der Waals surface area contributed by atoms with Crippen LogP contribution in [0, 0.1) is 0 Å². The largest absolute Gasteiger partial charge is 0.493 e. The SMILES string of the molecule is CCCn1c(=O)n2cnnc2c2[nH]c(-c3cc(S(=O)(=O)N4CCN(CCCO)CC4)ccc3OCC)c(Cl)c21. The number of H-pyrrole nitrogens is 1. The number of aryl methyl sites for hydroxylation is 1. The fraction of sp³-hybridized carbons (Fsp3) is 0.480. The highest BCUT2D eigenvalue weighted by Crippen LogP contribution is 2.40. The lowest BCUT2D eigenvalue weighted by Gasteiger charge is -2.34. The lowest BCUT2D eigenvalue weighted by atomic mass is 10.1. The molecule has 0 unspecified atom stereocenters. The van der Waals surface area contributed by atoms with Crippen LogP contribution in [0.25, 0.3) is 27.9 Å². The minimum absolute atomic E-state index is 0.112. The Balaban J connectivity index is 1.61. The van der Waals surface area contributed by atoms with E-state index < -0.39 is 10.0 Å². The molecule has 4 heterocycles. The van der Waals surface area contributed by atoms with Crippen molar-refractivity contribution < 1.29 is 18.3 Å². The summed E-state index contributed by atoms with van der Waals surface area (Å²) in [5, 5.41) is 17.4. The van der Waals surface area contributed by atoms with Gasteiger partial charge in [0.05, 0.1) is 27.7 Å². The third-order valence-electron chi connectivity index (χ3n) is 6.96. The number of rotatable bonds is 10. The zero-order valence-corrected chi connectivity index (χ0v) is 23.5. The maximum Gasteiger partial charge on any atom is 0.335 e. The predicted molar refractivity (Wildman–Crippen MR) is 148 cm³/mol. The number of nitrogens with one attached hydrogen (secondary N) is 1. The highest BCUT2D eigenvalue weighted by atomic mass is 35.5. The van der Waals surface area contributed by atoms with Gasteiger partial charge in [-0.15, -0.1) is 10.2 Å². The Kier molecular flexibility index (Phi) is 7.96. The molecule has 0 atom stereocenters. The first-order valence-electron chi connectivity index (χ1n) is 13.1. The lowest BCUT2D eigenvalue weighted by molar-refractivity contribution is 0.171. The van der Waals surface area contributed by atoms with E-state index in [1.807, 2.05) is 13.8 Å². The summed E-state index contributed by atoms with van der Waals surface area (Å²) in [6.45, 7) is 7.36. The molecule has 5 rings (SSSR count). The summed E-state index contributed by atoms with van der Waals surface area (Å²) in [5.41, 5.74) is 1.92. The number of hydrogen-bond donors (Lipinski definition) is 2. The first-order chi connectivity index (χ1) is 18.8. The van der Waals surface area contributed by atoms with Crippen molar-refractivity contribution in [1.82, 2.24) is 33.4 Å². The normalized spacial score (nSPS) is 15.5. The number of aliphatic hydroxyl groups is 1. The molecule has 39 heavy (non-hydrogen) atoms. The lowest BCUT2D eigenvalue weighted by Crippen LogP contribution is -2.48. The van der Waals surface area contributed by atoms with Crippen LogP contribution >= 0.6 is 11.6 Å². The van der Waals surface area contributed by atoms with E-state index in [0.717, 1.165) is 6.54 Å². The first-order valence-corrected chi connectivity index (χ1v) is 14.9. The fourth-order valence-electron chi connectivity index (χ4n) is 5.05. The molecule has 1 fully saturated rings. The van der Waals surface area contributed by atoms with Crippen LogP contribution in [0.15, 0.2) is 34.2 Å². The molecule has 4 aromatic rings. The van der Waals surface area contributed by atoms with Crippen molar-refractivity contribution in [2.75, 3.05) is 45.9 Å². The summed E-state index contributed by atoms with van der Waals surface area (Å²) < 4.78 is 37.6. The molecule has 0 aliphatic carbocycles. The third kappa shape index (κ3) is 4.93. The van der Waals surface area contributed by atoms with Gasteiger partial charge in [-0.25, -0.2) is 17.6 Å². The average Bonchev–Trinajstić information content (AvgIpc) is 3.56. The Morgan fingerprint density at radius 3 is 2.62 bits per heavy atom. The molecule has 0 bridgehead atoms. The van der Waals surface area contributed by atoms with E-state index in [-0.39, 0.29) is 22.2 Å². The Bertz CT molecular complexity index is 1650. The van der Waals surface area contributed by atoms with Gasteiger partial charge >= 0.3 is 5.69 Å². The summed E-state index contributed by atoms with van der Waals surface area (Å²) in [6, 6.07) is 4.75. The van der Waals surface area contributed by atoms with E-state index in [1.54, 1.807) is 22.8 Å². The summed E-state index contributed by atoms with van der Waals surface area (Å²) in [7, 11) is -3.80. The van der Waals surface area contributed by atoms with Gasteiger partial charge in [0.25, 0.3) is 0 Å². The van der Waals surface area contributed by atoms with Crippen LogP contribution < -0.4 is 10.4 Å². The van der Waals surface area contributed by atoms with Crippen molar-refractivity contribution in [3.05, 3.63) is 40.0 Å². The minimum Gasteiger partial charge on any atom is -0.493 e. The number of piperazine rings is 1.